The van der Waals surface area contributed by atoms with Crippen molar-refractivity contribution in [1.29, 1.82) is 0 Å². The lowest BCUT2D eigenvalue weighted by Gasteiger charge is -2.10. The minimum atomic E-state index is -3.37. The average Bonchev–Trinajstić information content (AvgIpc) is 2.47. The molecule has 2 rings (SSSR count). The number of hydrogen-bond acceptors (Lipinski definition) is 6. The van der Waals surface area contributed by atoms with E-state index in [1.807, 2.05) is 13.8 Å². The minimum absolute atomic E-state index is 0.00368. The third kappa shape index (κ3) is 3.55. The van der Waals surface area contributed by atoms with Crippen molar-refractivity contribution in [1.82, 2.24) is 15.0 Å². The molecule has 2 heterocycles. The molecule has 0 radical (unpaired) electrons. The van der Waals surface area contributed by atoms with Gasteiger partial charge >= 0.3 is 0 Å². The molecule has 0 amide bonds. The molecule has 2 aromatic heterocycles. The van der Waals surface area contributed by atoms with Gasteiger partial charge < -0.3 is 4.74 Å². The smallest absolute Gasteiger partial charge is 0.232 e. The summed E-state index contributed by atoms with van der Waals surface area (Å²) in [6.45, 7) is 5.37. The summed E-state index contributed by atoms with van der Waals surface area (Å²) in [6.07, 6.45) is 4.46. The highest BCUT2D eigenvalue weighted by molar-refractivity contribution is 7.91. The second-order valence-corrected chi connectivity index (χ2v) is 6.91. The van der Waals surface area contributed by atoms with Crippen LogP contribution >= 0.6 is 0 Å². The monoisotopic (exact) mass is 307 g/mol. The zero-order chi connectivity index (χ0) is 15.5. The van der Waals surface area contributed by atoms with Crippen molar-refractivity contribution in [2.75, 3.05) is 5.75 Å². The SMILES string of the molecule is CCS(=O)(=O)c1cccnc1-c1cnc(OC(C)C)cn1. The van der Waals surface area contributed by atoms with Crippen LogP contribution in [0.25, 0.3) is 11.4 Å². The van der Waals surface area contributed by atoms with Gasteiger partial charge in [0.25, 0.3) is 0 Å². The van der Waals surface area contributed by atoms with Crippen LogP contribution in [0.1, 0.15) is 20.8 Å². The van der Waals surface area contributed by atoms with Crippen LogP contribution in [0.4, 0.5) is 0 Å². The maximum atomic E-state index is 12.1. The van der Waals surface area contributed by atoms with Crippen LogP contribution in [0, 0.1) is 0 Å². The van der Waals surface area contributed by atoms with Crippen LogP contribution in [0.2, 0.25) is 0 Å². The topological polar surface area (TPSA) is 82.0 Å². The van der Waals surface area contributed by atoms with E-state index in [1.54, 1.807) is 13.0 Å². The number of aromatic nitrogens is 3. The molecule has 0 bridgehead atoms. The molecule has 0 spiro atoms. The van der Waals surface area contributed by atoms with Gasteiger partial charge in [-0.2, -0.15) is 0 Å². The molecular formula is C14H17N3O3S. The van der Waals surface area contributed by atoms with Crippen LogP contribution < -0.4 is 4.74 Å². The quantitative estimate of drug-likeness (QED) is 0.841. The number of nitrogens with zero attached hydrogens (tertiary/aromatic N) is 3. The van der Waals surface area contributed by atoms with Crippen LogP contribution in [0.3, 0.4) is 0 Å². The highest BCUT2D eigenvalue weighted by Crippen LogP contribution is 2.24. The van der Waals surface area contributed by atoms with Gasteiger partial charge in [0.05, 0.1) is 29.1 Å². The summed E-state index contributed by atoms with van der Waals surface area (Å²) in [6, 6.07) is 3.12. The lowest BCUT2D eigenvalue weighted by Crippen LogP contribution is -2.09. The van der Waals surface area contributed by atoms with Crippen molar-refractivity contribution in [2.45, 2.75) is 31.8 Å². The first-order valence-electron chi connectivity index (χ1n) is 6.61. The summed E-state index contributed by atoms with van der Waals surface area (Å²) in [5.41, 5.74) is 0.710. The van der Waals surface area contributed by atoms with Crippen LogP contribution in [0.15, 0.2) is 35.6 Å². The lowest BCUT2D eigenvalue weighted by atomic mass is 10.3. The van der Waals surface area contributed by atoms with Gasteiger partial charge in [0.1, 0.15) is 11.4 Å². The van der Waals surface area contributed by atoms with Crippen LogP contribution in [-0.2, 0) is 9.84 Å². The molecule has 0 aliphatic heterocycles. The van der Waals surface area contributed by atoms with E-state index in [2.05, 4.69) is 15.0 Å². The molecule has 0 aliphatic rings. The molecule has 112 valence electrons. The van der Waals surface area contributed by atoms with Gasteiger partial charge in [-0.1, -0.05) is 6.92 Å². The second kappa shape index (κ2) is 6.17. The highest BCUT2D eigenvalue weighted by Gasteiger charge is 2.19. The Kier molecular flexibility index (Phi) is 4.52. The predicted octanol–water partition coefficient (Wildman–Crippen LogP) is 2.12. The molecular weight excluding hydrogens is 290 g/mol. The highest BCUT2D eigenvalue weighted by atomic mass is 32.2. The van der Waals surface area contributed by atoms with E-state index in [9.17, 15) is 8.42 Å². The van der Waals surface area contributed by atoms with Crippen molar-refractivity contribution >= 4 is 9.84 Å². The second-order valence-electron chi connectivity index (χ2n) is 4.66. The average molecular weight is 307 g/mol. The zero-order valence-corrected chi connectivity index (χ0v) is 13.0. The van der Waals surface area contributed by atoms with Crippen molar-refractivity contribution in [2.24, 2.45) is 0 Å². The van der Waals surface area contributed by atoms with Crippen LogP contribution in [0.5, 0.6) is 5.88 Å². The van der Waals surface area contributed by atoms with E-state index in [0.717, 1.165) is 0 Å². The number of rotatable bonds is 5. The molecule has 7 heteroatoms. The Bertz CT molecular complexity index is 712. The molecule has 0 saturated carbocycles. The van der Waals surface area contributed by atoms with Gasteiger partial charge in [0.2, 0.25) is 5.88 Å². The molecule has 0 fully saturated rings. The van der Waals surface area contributed by atoms with Gasteiger partial charge in [-0.3, -0.25) is 4.98 Å². The summed E-state index contributed by atoms with van der Waals surface area (Å²) >= 11 is 0. The molecule has 0 aliphatic carbocycles. The van der Waals surface area contributed by atoms with Gasteiger partial charge in [0, 0.05) is 6.20 Å². The normalized spacial score (nSPS) is 11.6. The summed E-state index contributed by atoms with van der Waals surface area (Å²) in [4.78, 5) is 12.6. The van der Waals surface area contributed by atoms with Gasteiger partial charge in [-0.25, -0.2) is 18.4 Å². The van der Waals surface area contributed by atoms with E-state index in [1.165, 1.54) is 24.7 Å². The zero-order valence-electron chi connectivity index (χ0n) is 12.1. The Balaban J connectivity index is 2.43. The fourth-order valence-corrected chi connectivity index (χ4v) is 2.78. The summed E-state index contributed by atoms with van der Waals surface area (Å²) < 4.78 is 29.6. The Morgan fingerprint density at radius 1 is 1.19 bits per heavy atom. The molecule has 0 atom stereocenters. The molecule has 0 aromatic carbocycles. The Morgan fingerprint density at radius 3 is 2.52 bits per heavy atom. The number of hydrogen-bond donors (Lipinski definition) is 0. The minimum Gasteiger partial charge on any atom is -0.474 e. The molecule has 6 nitrogen and oxygen atoms in total. The first kappa shape index (κ1) is 15.4. The molecule has 0 saturated heterocycles. The van der Waals surface area contributed by atoms with E-state index in [0.29, 0.717) is 17.3 Å². The Labute approximate surface area is 124 Å². The number of ether oxygens (including phenoxy) is 1. The van der Waals surface area contributed by atoms with Crippen molar-refractivity contribution in [3.8, 4) is 17.3 Å². The largest absolute Gasteiger partial charge is 0.474 e. The number of pyridine rings is 1. The first-order chi connectivity index (χ1) is 9.94. The van der Waals surface area contributed by atoms with E-state index >= 15 is 0 Å². The van der Waals surface area contributed by atoms with E-state index in [4.69, 9.17) is 4.74 Å². The molecule has 21 heavy (non-hydrogen) atoms. The molecule has 2 aromatic rings. The Hall–Kier alpha value is -2.02. The summed E-state index contributed by atoms with van der Waals surface area (Å²) in [5, 5.41) is 0. The Morgan fingerprint density at radius 2 is 1.95 bits per heavy atom. The maximum absolute atomic E-state index is 12.1. The van der Waals surface area contributed by atoms with Crippen molar-refractivity contribution in [3.05, 3.63) is 30.7 Å². The lowest BCUT2D eigenvalue weighted by molar-refractivity contribution is 0.231. The van der Waals surface area contributed by atoms with Crippen molar-refractivity contribution in [3.63, 3.8) is 0 Å². The van der Waals surface area contributed by atoms with E-state index in [-0.39, 0.29) is 16.8 Å². The predicted molar refractivity (Wildman–Crippen MR) is 78.8 cm³/mol. The maximum Gasteiger partial charge on any atom is 0.232 e. The fourth-order valence-electron chi connectivity index (χ4n) is 1.73. The van der Waals surface area contributed by atoms with Crippen molar-refractivity contribution < 1.29 is 13.2 Å². The standard InChI is InChI=1S/C14H17N3O3S/c1-4-21(18,19)12-6-5-7-15-14(12)11-8-17-13(9-16-11)20-10(2)3/h5-10H,4H2,1-3H3. The van der Waals surface area contributed by atoms with Crippen LogP contribution in [-0.4, -0.2) is 35.2 Å². The summed E-state index contributed by atoms with van der Waals surface area (Å²) in [5.74, 6) is 0.401. The molecule has 0 unspecified atom stereocenters. The fraction of sp³-hybridized carbons (Fsp3) is 0.357. The van der Waals surface area contributed by atoms with E-state index < -0.39 is 9.84 Å². The van der Waals surface area contributed by atoms with Gasteiger partial charge in [-0.15, -0.1) is 0 Å². The summed E-state index contributed by atoms with van der Waals surface area (Å²) in [7, 11) is -3.37. The van der Waals surface area contributed by atoms with Gasteiger partial charge in [-0.05, 0) is 26.0 Å². The number of sulfone groups is 1. The first-order valence-corrected chi connectivity index (χ1v) is 8.26. The third-order valence-electron chi connectivity index (χ3n) is 2.71. The van der Waals surface area contributed by atoms with Gasteiger partial charge in [0.15, 0.2) is 9.84 Å². The third-order valence-corrected chi connectivity index (χ3v) is 4.47. The molecule has 0 N–H and O–H groups in total.